The Hall–Kier alpha value is -1.53. The second-order valence-electron chi connectivity index (χ2n) is 7.08. The van der Waals surface area contributed by atoms with E-state index in [-0.39, 0.29) is 24.5 Å². The van der Waals surface area contributed by atoms with Crippen LogP contribution in [0.3, 0.4) is 0 Å². The van der Waals surface area contributed by atoms with Crippen molar-refractivity contribution >= 4 is 24.2 Å². The molecule has 1 aromatic rings. The fraction of sp³-hybridized carbons (Fsp3) is 0.588. The molecule has 0 aliphatic carbocycles. The van der Waals surface area contributed by atoms with E-state index in [0.29, 0.717) is 12.3 Å². The standard InChI is InChI=1S/C17H26BNO4/c1-16(2)12-18(23-17(16,3)4)13-6-8-14(9-7-13)19-15(20)22-11-10-21-5/h6-9H,10-12H2,1-5H3,(H,19,20). The van der Waals surface area contributed by atoms with Gasteiger partial charge in [0, 0.05) is 12.8 Å². The Morgan fingerprint density at radius 2 is 1.87 bits per heavy atom. The van der Waals surface area contributed by atoms with Crippen LogP contribution in [-0.2, 0) is 14.1 Å². The van der Waals surface area contributed by atoms with Crippen LogP contribution < -0.4 is 10.8 Å². The Labute approximate surface area is 138 Å². The molecule has 1 fully saturated rings. The summed E-state index contributed by atoms with van der Waals surface area (Å²) in [6.45, 7) is 9.45. The number of carbonyl (C=O) groups excluding carboxylic acids is 1. The highest BCUT2D eigenvalue weighted by Crippen LogP contribution is 2.45. The normalized spacial score (nSPS) is 18.7. The average Bonchev–Trinajstić information content (AvgIpc) is 2.68. The van der Waals surface area contributed by atoms with Gasteiger partial charge < -0.3 is 14.1 Å². The number of nitrogens with one attached hydrogen (secondary N) is 1. The minimum absolute atomic E-state index is 0.0858. The molecule has 0 bridgehead atoms. The third-order valence-electron chi connectivity index (χ3n) is 4.81. The number of methoxy groups -OCH3 is 1. The zero-order chi connectivity index (χ0) is 17.1. The maximum absolute atomic E-state index is 11.6. The Morgan fingerprint density at radius 1 is 1.22 bits per heavy atom. The van der Waals surface area contributed by atoms with Crippen LogP contribution in [0.1, 0.15) is 27.7 Å². The first-order chi connectivity index (χ1) is 10.7. The minimum atomic E-state index is -0.478. The first kappa shape index (κ1) is 17.8. The lowest BCUT2D eigenvalue weighted by Crippen LogP contribution is -2.36. The van der Waals surface area contributed by atoms with Crippen LogP contribution >= 0.6 is 0 Å². The van der Waals surface area contributed by atoms with E-state index in [4.69, 9.17) is 14.1 Å². The molecule has 1 saturated heterocycles. The lowest BCUT2D eigenvalue weighted by molar-refractivity contribution is 0.0375. The minimum Gasteiger partial charge on any atom is -0.447 e. The lowest BCUT2D eigenvalue weighted by atomic mass is 9.54. The van der Waals surface area contributed by atoms with E-state index >= 15 is 0 Å². The molecule has 6 heteroatoms. The van der Waals surface area contributed by atoms with Gasteiger partial charge in [-0.15, -0.1) is 0 Å². The molecular formula is C17H26BNO4. The van der Waals surface area contributed by atoms with Gasteiger partial charge in [0.2, 0.25) is 0 Å². The zero-order valence-corrected chi connectivity index (χ0v) is 14.6. The van der Waals surface area contributed by atoms with Crippen LogP contribution in [0.2, 0.25) is 6.32 Å². The van der Waals surface area contributed by atoms with Gasteiger partial charge in [-0.3, -0.25) is 5.32 Å². The molecule has 5 nitrogen and oxygen atoms in total. The molecule has 0 spiro atoms. The van der Waals surface area contributed by atoms with Crippen molar-refractivity contribution in [1.29, 1.82) is 0 Å². The molecule has 1 aliphatic heterocycles. The first-order valence-corrected chi connectivity index (χ1v) is 7.96. The summed E-state index contributed by atoms with van der Waals surface area (Å²) in [6.07, 6.45) is 0.500. The third kappa shape index (κ3) is 4.27. The highest BCUT2D eigenvalue weighted by Gasteiger charge is 2.49. The van der Waals surface area contributed by atoms with E-state index in [0.717, 1.165) is 11.8 Å². The molecule has 0 aromatic heterocycles. The third-order valence-corrected chi connectivity index (χ3v) is 4.81. The van der Waals surface area contributed by atoms with Crippen molar-refractivity contribution in [2.24, 2.45) is 5.41 Å². The Morgan fingerprint density at radius 3 is 2.39 bits per heavy atom. The zero-order valence-electron chi connectivity index (χ0n) is 14.6. The number of carbonyl (C=O) groups is 1. The summed E-state index contributed by atoms with van der Waals surface area (Å²) in [7, 11) is 1.56. The molecule has 0 unspecified atom stereocenters. The summed E-state index contributed by atoms with van der Waals surface area (Å²) < 4.78 is 16.0. The molecule has 0 atom stereocenters. The van der Waals surface area contributed by atoms with E-state index in [1.807, 2.05) is 24.3 Å². The van der Waals surface area contributed by atoms with Crippen LogP contribution in [0.25, 0.3) is 0 Å². The summed E-state index contributed by atoms with van der Waals surface area (Å²) in [5.41, 5.74) is 1.80. The molecule has 23 heavy (non-hydrogen) atoms. The van der Waals surface area contributed by atoms with Crippen LogP contribution in [0.4, 0.5) is 10.5 Å². The summed E-state index contributed by atoms with van der Waals surface area (Å²) in [4.78, 5) is 11.6. The predicted octanol–water partition coefficient (Wildman–Crippen LogP) is 2.92. The van der Waals surface area contributed by atoms with Gasteiger partial charge in [-0.2, -0.15) is 0 Å². The van der Waals surface area contributed by atoms with Gasteiger partial charge in [-0.1, -0.05) is 26.0 Å². The van der Waals surface area contributed by atoms with Crippen molar-refractivity contribution < 1.29 is 18.9 Å². The average molecular weight is 319 g/mol. The lowest BCUT2D eigenvalue weighted by Gasteiger charge is -2.34. The summed E-state index contributed by atoms with van der Waals surface area (Å²) in [6, 6.07) is 7.73. The molecule has 1 amide bonds. The molecule has 1 aliphatic rings. The van der Waals surface area contributed by atoms with E-state index in [9.17, 15) is 4.79 Å². The Balaban J connectivity index is 1.94. The Bertz CT molecular complexity index is 526. The quantitative estimate of drug-likeness (QED) is 0.670. The molecule has 2 rings (SSSR count). The molecule has 1 N–H and O–H groups in total. The fourth-order valence-corrected chi connectivity index (χ4v) is 2.60. The van der Waals surface area contributed by atoms with Gasteiger partial charge in [-0.05, 0) is 43.2 Å². The Kier molecular flexibility index (Phi) is 5.37. The second kappa shape index (κ2) is 6.93. The number of ether oxygens (including phenoxy) is 2. The van der Waals surface area contributed by atoms with E-state index in [1.165, 1.54) is 0 Å². The van der Waals surface area contributed by atoms with Crippen molar-refractivity contribution in [3.05, 3.63) is 24.3 Å². The second-order valence-corrected chi connectivity index (χ2v) is 7.08. The molecule has 0 radical (unpaired) electrons. The highest BCUT2D eigenvalue weighted by atomic mass is 16.6. The maximum atomic E-state index is 11.6. The molecule has 1 heterocycles. The largest absolute Gasteiger partial charge is 0.447 e. The number of amides is 1. The van der Waals surface area contributed by atoms with Crippen LogP contribution in [-0.4, -0.2) is 38.9 Å². The summed E-state index contributed by atoms with van der Waals surface area (Å²) >= 11 is 0. The van der Waals surface area contributed by atoms with Crippen LogP contribution in [0.15, 0.2) is 24.3 Å². The molecule has 1 aromatic carbocycles. The van der Waals surface area contributed by atoms with Crippen LogP contribution in [0, 0.1) is 5.41 Å². The van der Waals surface area contributed by atoms with E-state index in [1.54, 1.807) is 7.11 Å². The monoisotopic (exact) mass is 319 g/mol. The van der Waals surface area contributed by atoms with Crippen molar-refractivity contribution in [3.63, 3.8) is 0 Å². The van der Waals surface area contributed by atoms with Crippen molar-refractivity contribution in [3.8, 4) is 0 Å². The highest BCUT2D eigenvalue weighted by molar-refractivity contribution is 6.68. The smallest absolute Gasteiger partial charge is 0.411 e. The van der Waals surface area contributed by atoms with Crippen molar-refractivity contribution in [2.45, 2.75) is 39.6 Å². The van der Waals surface area contributed by atoms with E-state index < -0.39 is 6.09 Å². The number of hydrogen-bond acceptors (Lipinski definition) is 4. The number of benzene rings is 1. The van der Waals surface area contributed by atoms with Crippen molar-refractivity contribution in [1.82, 2.24) is 0 Å². The van der Waals surface area contributed by atoms with Gasteiger partial charge in [0.1, 0.15) is 6.61 Å². The number of rotatable bonds is 5. The molecule has 0 saturated carbocycles. The van der Waals surface area contributed by atoms with Crippen molar-refractivity contribution in [2.75, 3.05) is 25.6 Å². The number of anilines is 1. The van der Waals surface area contributed by atoms with E-state index in [2.05, 4.69) is 33.0 Å². The summed E-state index contributed by atoms with van der Waals surface area (Å²) in [5, 5.41) is 2.69. The predicted molar refractivity (Wildman–Crippen MR) is 92.4 cm³/mol. The van der Waals surface area contributed by atoms with Gasteiger partial charge >= 0.3 is 13.0 Å². The van der Waals surface area contributed by atoms with Gasteiger partial charge in [0.05, 0.1) is 12.2 Å². The SMILES string of the molecule is COCCOC(=O)Nc1ccc(B2CC(C)(C)C(C)(C)O2)cc1. The van der Waals surface area contributed by atoms with Gasteiger partial charge in [0.25, 0.3) is 0 Å². The molecule has 126 valence electrons. The van der Waals surface area contributed by atoms with Crippen LogP contribution in [0.5, 0.6) is 0 Å². The maximum Gasteiger partial charge on any atom is 0.411 e. The van der Waals surface area contributed by atoms with Gasteiger partial charge in [-0.25, -0.2) is 4.79 Å². The summed E-state index contributed by atoms with van der Waals surface area (Å²) in [5.74, 6) is 0. The molecular weight excluding hydrogens is 293 g/mol. The topological polar surface area (TPSA) is 56.8 Å². The number of hydrogen-bond donors (Lipinski definition) is 1. The first-order valence-electron chi connectivity index (χ1n) is 7.96. The van der Waals surface area contributed by atoms with Gasteiger partial charge in [0.15, 0.2) is 0 Å². The fourth-order valence-electron chi connectivity index (χ4n) is 2.60.